The number of rotatable bonds is 7. The van der Waals surface area contributed by atoms with Gasteiger partial charge in [-0.25, -0.2) is 4.98 Å². The molecule has 1 N–H and O–H groups in total. The zero-order valence-electron chi connectivity index (χ0n) is 17.1. The van der Waals surface area contributed by atoms with Gasteiger partial charge < -0.3 is 4.74 Å². The lowest BCUT2D eigenvalue weighted by Gasteiger charge is -2.27. The molecule has 30 heavy (non-hydrogen) atoms. The quantitative estimate of drug-likeness (QED) is 0.677. The molecular weight excluding hydrogens is 404 g/mol. The van der Waals surface area contributed by atoms with Crippen LogP contribution in [0.25, 0.3) is 0 Å². The highest BCUT2D eigenvalue weighted by Crippen LogP contribution is 2.22. The fourth-order valence-corrected chi connectivity index (χ4v) is 3.36. The summed E-state index contributed by atoms with van der Waals surface area (Å²) < 4.78 is 5.39. The second-order valence-electron chi connectivity index (χ2n) is 7.51. The molecule has 0 saturated carbocycles. The Balaban J connectivity index is 1.77. The van der Waals surface area contributed by atoms with Crippen molar-refractivity contribution in [3.8, 4) is 6.07 Å². The van der Waals surface area contributed by atoms with Gasteiger partial charge in [0.2, 0.25) is 5.82 Å². The maximum absolute atomic E-state index is 13.0. The Hall–Kier alpha value is -2.73. The average molecular weight is 429 g/mol. The monoisotopic (exact) mass is 428 g/mol. The third-order valence-electron chi connectivity index (χ3n) is 4.56. The molecule has 0 unspecified atom stereocenters. The molecule has 158 valence electrons. The predicted molar refractivity (Wildman–Crippen MR) is 114 cm³/mol. The molecule has 3 rings (SSSR count). The number of ether oxygens (including phenoxy) is 1. The molecule has 0 radical (unpaired) electrons. The van der Waals surface area contributed by atoms with Crippen LogP contribution in [0.2, 0.25) is 5.02 Å². The van der Waals surface area contributed by atoms with Crippen molar-refractivity contribution in [2.24, 2.45) is 5.92 Å². The number of hydrazine groups is 1. The molecular formula is C21H25ClN6O2. The minimum absolute atomic E-state index is 0.00934. The largest absolute Gasteiger partial charge is 0.379 e. The van der Waals surface area contributed by atoms with Gasteiger partial charge >= 0.3 is 0 Å². The van der Waals surface area contributed by atoms with Gasteiger partial charge in [0.05, 0.1) is 19.4 Å². The highest BCUT2D eigenvalue weighted by atomic mass is 35.5. The van der Waals surface area contributed by atoms with E-state index >= 15 is 0 Å². The Morgan fingerprint density at radius 3 is 2.87 bits per heavy atom. The van der Waals surface area contributed by atoms with Crippen LogP contribution in [-0.2, 0) is 11.3 Å². The maximum atomic E-state index is 13.0. The van der Waals surface area contributed by atoms with Crippen molar-refractivity contribution >= 4 is 23.3 Å². The molecule has 0 bridgehead atoms. The van der Waals surface area contributed by atoms with Gasteiger partial charge in [-0.2, -0.15) is 10.2 Å². The van der Waals surface area contributed by atoms with Crippen LogP contribution in [0, 0.1) is 17.2 Å². The van der Waals surface area contributed by atoms with Gasteiger partial charge in [0.15, 0.2) is 5.82 Å². The number of hydrogen-bond acceptors (Lipinski definition) is 7. The van der Waals surface area contributed by atoms with E-state index in [2.05, 4.69) is 20.3 Å². The van der Waals surface area contributed by atoms with E-state index in [9.17, 15) is 4.79 Å². The van der Waals surface area contributed by atoms with Crippen molar-refractivity contribution in [3.05, 3.63) is 52.4 Å². The van der Waals surface area contributed by atoms with Gasteiger partial charge in [0, 0.05) is 31.7 Å². The van der Waals surface area contributed by atoms with Gasteiger partial charge in [-0.3, -0.25) is 20.1 Å². The number of anilines is 1. The minimum Gasteiger partial charge on any atom is -0.379 e. The van der Waals surface area contributed by atoms with E-state index in [1.807, 2.05) is 38.1 Å². The molecule has 8 nitrogen and oxygen atoms in total. The van der Waals surface area contributed by atoms with E-state index in [4.69, 9.17) is 21.6 Å². The molecule has 1 aliphatic heterocycles. The smallest absolute Gasteiger partial charge is 0.269 e. The highest BCUT2D eigenvalue weighted by Gasteiger charge is 2.19. The van der Waals surface area contributed by atoms with Crippen LogP contribution >= 0.6 is 11.6 Å². The molecule has 1 fully saturated rings. The number of nitrogens with zero attached hydrogens (tertiary/aromatic N) is 5. The van der Waals surface area contributed by atoms with Gasteiger partial charge in [-0.15, -0.1) is 0 Å². The molecule has 0 spiro atoms. The number of halogens is 1. The highest BCUT2D eigenvalue weighted by molar-refractivity contribution is 6.32. The van der Waals surface area contributed by atoms with E-state index in [1.54, 1.807) is 11.1 Å². The summed E-state index contributed by atoms with van der Waals surface area (Å²) in [6, 6.07) is 9.45. The van der Waals surface area contributed by atoms with E-state index in [0.717, 1.165) is 38.4 Å². The number of nitriles is 1. The Kier molecular flexibility index (Phi) is 7.57. The van der Waals surface area contributed by atoms with Crippen molar-refractivity contribution in [1.29, 1.82) is 5.26 Å². The number of amides is 1. The Labute approximate surface area is 181 Å². The zero-order valence-corrected chi connectivity index (χ0v) is 17.9. The fraction of sp³-hybridized carbons (Fsp3) is 0.429. The fourth-order valence-electron chi connectivity index (χ4n) is 3.17. The summed E-state index contributed by atoms with van der Waals surface area (Å²) in [5, 5.41) is 10.9. The minimum atomic E-state index is -0.271. The van der Waals surface area contributed by atoms with Crippen molar-refractivity contribution in [2.45, 2.75) is 20.4 Å². The molecule has 0 aliphatic carbocycles. The second-order valence-corrected chi connectivity index (χ2v) is 7.92. The normalized spacial score (nSPS) is 14.4. The summed E-state index contributed by atoms with van der Waals surface area (Å²) in [7, 11) is 0. The van der Waals surface area contributed by atoms with E-state index < -0.39 is 0 Å². The molecule has 1 aromatic carbocycles. The SMILES string of the molecule is CC(C)CN(NC(=O)c1cccc(CN2CCOCC2)c1)c1nc(C#N)ncc1Cl. The summed E-state index contributed by atoms with van der Waals surface area (Å²) in [6.07, 6.45) is 1.37. The van der Waals surface area contributed by atoms with Crippen molar-refractivity contribution in [1.82, 2.24) is 20.3 Å². The van der Waals surface area contributed by atoms with Gasteiger partial charge in [-0.05, 0) is 23.6 Å². The van der Waals surface area contributed by atoms with E-state index in [1.165, 1.54) is 6.20 Å². The van der Waals surface area contributed by atoms with Crippen molar-refractivity contribution in [2.75, 3.05) is 37.9 Å². The van der Waals surface area contributed by atoms with Crippen LogP contribution in [-0.4, -0.2) is 53.6 Å². The topological polar surface area (TPSA) is 94.4 Å². The Morgan fingerprint density at radius 2 is 2.17 bits per heavy atom. The van der Waals surface area contributed by atoms with Crippen LogP contribution in [0.5, 0.6) is 0 Å². The molecule has 0 atom stereocenters. The van der Waals surface area contributed by atoms with Crippen LogP contribution in [0.15, 0.2) is 30.5 Å². The lowest BCUT2D eigenvalue weighted by Crippen LogP contribution is -2.45. The average Bonchev–Trinajstić information content (AvgIpc) is 2.74. The summed E-state index contributed by atoms with van der Waals surface area (Å²) in [6.45, 7) is 8.50. The zero-order chi connectivity index (χ0) is 21.5. The number of benzene rings is 1. The van der Waals surface area contributed by atoms with Crippen LogP contribution < -0.4 is 10.4 Å². The lowest BCUT2D eigenvalue weighted by molar-refractivity contribution is 0.0342. The first kappa shape index (κ1) is 22.0. The first-order valence-corrected chi connectivity index (χ1v) is 10.2. The van der Waals surface area contributed by atoms with Crippen LogP contribution in [0.3, 0.4) is 0 Å². The predicted octanol–water partition coefficient (Wildman–Crippen LogP) is 2.64. The number of carbonyl (C=O) groups excluding carboxylic acids is 1. The number of aromatic nitrogens is 2. The number of morpholine rings is 1. The first-order valence-electron chi connectivity index (χ1n) is 9.86. The molecule has 2 heterocycles. The standard InChI is InChI=1S/C21H25ClN6O2/c1-15(2)13-28(20-18(22)12-24-19(11-23)25-20)26-21(29)17-5-3-4-16(10-17)14-27-6-8-30-9-7-27/h3-5,10,12,15H,6-9,13-14H2,1-2H3,(H,26,29). The Bertz CT molecular complexity index is 924. The molecule has 1 aliphatic rings. The van der Waals surface area contributed by atoms with Gasteiger partial charge in [0.1, 0.15) is 11.1 Å². The molecule has 2 aromatic rings. The molecule has 9 heteroatoms. The number of carbonyl (C=O) groups is 1. The summed E-state index contributed by atoms with van der Waals surface area (Å²) in [5.41, 5.74) is 4.48. The summed E-state index contributed by atoms with van der Waals surface area (Å²) in [4.78, 5) is 23.3. The third-order valence-corrected chi connectivity index (χ3v) is 4.83. The van der Waals surface area contributed by atoms with Crippen LogP contribution in [0.1, 0.15) is 35.6 Å². The van der Waals surface area contributed by atoms with Crippen molar-refractivity contribution < 1.29 is 9.53 Å². The van der Waals surface area contributed by atoms with Gasteiger partial charge in [0.25, 0.3) is 5.91 Å². The van der Waals surface area contributed by atoms with E-state index in [0.29, 0.717) is 17.9 Å². The molecule has 1 aromatic heterocycles. The Morgan fingerprint density at radius 1 is 1.40 bits per heavy atom. The first-order chi connectivity index (χ1) is 14.5. The summed E-state index contributed by atoms with van der Waals surface area (Å²) >= 11 is 6.25. The summed E-state index contributed by atoms with van der Waals surface area (Å²) in [5.74, 6) is 0.238. The number of hydrogen-bond donors (Lipinski definition) is 1. The third kappa shape index (κ3) is 5.89. The van der Waals surface area contributed by atoms with Crippen molar-refractivity contribution in [3.63, 3.8) is 0 Å². The lowest BCUT2D eigenvalue weighted by atomic mass is 10.1. The number of nitrogens with one attached hydrogen (secondary N) is 1. The second kappa shape index (κ2) is 10.3. The maximum Gasteiger partial charge on any atom is 0.269 e. The molecule has 1 saturated heterocycles. The molecule has 1 amide bonds. The van der Waals surface area contributed by atoms with Crippen LogP contribution in [0.4, 0.5) is 5.82 Å². The van der Waals surface area contributed by atoms with Gasteiger partial charge in [-0.1, -0.05) is 37.6 Å². The van der Waals surface area contributed by atoms with E-state index in [-0.39, 0.29) is 22.7 Å².